The van der Waals surface area contributed by atoms with E-state index in [1.165, 1.54) is 24.3 Å². The largest absolute Gasteiger partial charge is 0.399 e. The zero-order valence-corrected chi connectivity index (χ0v) is 10.9. The summed E-state index contributed by atoms with van der Waals surface area (Å²) in [6.07, 6.45) is 0.375. The number of nitrogens with two attached hydrogens (primary N) is 1. The second-order valence-electron chi connectivity index (χ2n) is 4.56. The van der Waals surface area contributed by atoms with Gasteiger partial charge in [0, 0.05) is 12.1 Å². The second-order valence-corrected chi connectivity index (χ2v) is 4.56. The highest BCUT2D eigenvalue weighted by Gasteiger charge is 2.13. The molecule has 1 heterocycles. The molecular weight excluding hydrogens is 276 g/mol. The van der Waals surface area contributed by atoms with E-state index < -0.39 is 5.82 Å². The minimum Gasteiger partial charge on any atom is -0.399 e. The van der Waals surface area contributed by atoms with Gasteiger partial charge in [-0.15, -0.1) is 0 Å². The Balaban J connectivity index is 1.84. The van der Waals surface area contributed by atoms with Crippen LogP contribution in [0.5, 0.6) is 0 Å². The van der Waals surface area contributed by atoms with Gasteiger partial charge in [-0.1, -0.05) is 17.3 Å². The Bertz CT molecular complexity index is 769. The van der Waals surface area contributed by atoms with E-state index in [4.69, 9.17) is 10.3 Å². The third-order valence-electron chi connectivity index (χ3n) is 2.97. The number of hydrogen-bond acceptors (Lipinski definition) is 4. The molecule has 0 radical (unpaired) electrons. The van der Waals surface area contributed by atoms with E-state index >= 15 is 0 Å². The van der Waals surface area contributed by atoms with E-state index in [-0.39, 0.29) is 17.3 Å². The van der Waals surface area contributed by atoms with Gasteiger partial charge in [0.1, 0.15) is 11.6 Å². The summed E-state index contributed by atoms with van der Waals surface area (Å²) in [7, 11) is 0. The molecule has 6 heteroatoms. The molecule has 0 aliphatic carbocycles. The molecule has 0 bridgehead atoms. The molecule has 3 aromatic rings. The Morgan fingerprint density at radius 3 is 2.52 bits per heavy atom. The monoisotopic (exact) mass is 287 g/mol. The number of rotatable bonds is 3. The zero-order chi connectivity index (χ0) is 14.8. The highest BCUT2D eigenvalue weighted by Crippen LogP contribution is 2.23. The van der Waals surface area contributed by atoms with Crippen molar-refractivity contribution in [2.45, 2.75) is 6.42 Å². The van der Waals surface area contributed by atoms with Crippen molar-refractivity contribution in [2.75, 3.05) is 5.73 Å². The highest BCUT2D eigenvalue weighted by atomic mass is 19.1. The van der Waals surface area contributed by atoms with Gasteiger partial charge < -0.3 is 10.3 Å². The van der Waals surface area contributed by atoms with Crippen molar-refractivity contribution >= 4 is 5.69 Å². The third kappa shape index (κ3) is 2.89. The summed E-state index contributed by atoms with van der Waals surface area (Å²) >= 11 is 0. The molecule has 2 N–H and O–H groups in total. The predicted octanol–water partition coefficient (Wildman–Crippen LogP) is 3.19. The summed E-state index contributed by atoms with van der Waals surface area (Å²) in [6, 6.07) is 10.2. The maximum atomic E-state index is 13.8. The van der Waals surface area contributed by atoms with Crippen molar-refractivity contribution in [1.29, 1.82) is 0 Å². The van der Waals surface area contributed by atoms with E-state index in [2.05, 4.69) is 10.1 Å². The van der Waals surface area contributed by atoms with Crippen LogP contribution in [0.15, 0.2) is 47.0 Å². The van der Waals surface area contributed by atoms with Crippen LogP contribution in [0.1, 0.15) is 11.4 Å². The first kappa shape index (κ1) is 13.2. The van der Waals surface area contributed by atoms with Crippen LogP contribution in [-0.4, -0.2) is 10.1 Å². The van der Waals surface area contributed by atoms with Crippen molar-refractivity contribution in [3.05, 3.63) is 65.5 Å². The number of nitrogen functional groups attached to an aromatic ring is 1. The highest BCUT2D eigenvalue weighted by molar-refractivity contribution is 5.58. The average molecular weight is 287 g/mol. The minimum atomic E-state index is -0.521. The van der Waals surface area contributed by atoms with Crippen LogP contribution in [0.4, 0.5) is 14.5 Å². The summed E-state index contributed by atoms with van der Waals surface area (Å²) in [6.45, 7) is 0. The van der Waals surface area contributed by atoms with Crippen LogP contribution in [0.3, 0.4) is 0 Å². The number of benzene rings is 2. The van der Waals surface area contributed by atoms with Gasteiger partial charge in [0.25, 0.3) is 5.89 Å². The molecule has 4 nitrogen and oxygen atoms in total. The van der Waals surface area contributed by atoms with E-state index in [0.29, 0.717) is 17.9 Å². The summed E-state index contributed by atoms with van der Waals surface area (Å²) in [4.78, 5) is 4.14. The van der Waals surface area contributed by atoms with Gasteiger partial charge in [-0.25, -0.2) is 8.78 Å². The van der Waals surface area contributed by atoms with Crippen molar-refractivity contribution in [3.8, 4) is 11.5 Å². The maximum absolute atomic E-state index is 13.8. The molecule has 2 aromatic carbocycles. The lowest BCUT2D eigenvalue weighted by Crippen LogP contribution is -1.92. The standard InChI is InChI=1S/C15H11F2N3O/c16-10-3-1-9(2-4-10)7-14-19-15(21-20-14)12-6-5-11(18)8-13(12)17/h1-6,8H,7,18H2. The molecule has 0 atom stereocenters. The van der Waals surface area contributed by atoms with Gasteiger partial charge in [0.15, 0.2) is 5.82 Å². The van der Waals surface area contributed by atoms with Crippen LogP contribution < -0.4 is 5.73 Å². The molecule has 0 saturated carbocycles. The van der Waals surface area contributed by atoms with E-state index in [9.17, 15) is 8.78 Å². The normalized spacial score (nSPS) is 10.8. The van der Waals surface area contributed by atoms with Gasteiger partial charge >= 0.3 is 0 Å². The van der Waals surface area contributed by atoms with E-state index in [1.807, 2.05) is 0 Å². The SMILES string of the molecule is Nc1ccc(-c2nc(Cc3ccc(F)cc3)no2)c(F)c1. The molecule has 1 aromatic heterocycles. The van der Waals surface area contributed by atoms with Gasteiger partial charge in [-0.3, -0.25) is 0 Å². The Labute approximate surface area is 119 Å². The summed E-state index contributed by atoms with van der Waals surface area (Å²) in [5.41, 5.74) is 6.84. The number of hydrogen-bond donors (Lipinski definition) is 1. The van der Waals surface area contributed by atoms with Crippen LogP contribution >= 0.6 is 0 Å². The molecule has 21 heavy (non-hydrogen) atoms. The molecule has 3 rings (SSSR count). The maximum Gasteiger partial charge on any atom is 0.260 e. The molecular formula is C15H11F2N3O. The molecule has 0 spiro atoms. The smallest absolute Gasteiger partial charge is 0.260 e. The fourth-order valence-electron chi connectivity index (χ4n) is 1.92. The first-order valence-electron chi connectivity index (χ1n) is 6.24. The average Bonchev–Trinajstić information content (AvgIpc) is 2.90. The summed E-state index contributed by atoms with van der Waals surface area (Å²) < 4.78 is 31.6. The van der Waals surface area contributed by atoms with Crippen molar-refractivity contribution in [2.24, 2.45) is 0 Å². The Hall–Kier alpha value is -2.76. The number of nitrogens with zero attached hydrogens (tertiary/aromatic N) is 2. The fourth-order valence-corrected chi connectivity index (χ4v) is 1.92. The van der Waals surface area contributed by atoms with Crippen molar-refractivity contribution < 1.29 is 13.3 Å². The number of aromatic nitrogens is 2. The molecule has 106 valence electrons. The van der Waals surface area contributed by atoms with E-state index in [0.717, 1.165) is 5.56 Å². The van der Waals surface area contributed by atoms with Crippen LogP contribution in [0, 0.1) is 11.6 Å². The van der Waals surface area contributed by atoms with Gasteiger partial charge in [-0.2, -0.15) is 4.98 Å². The molecule has 0 amide bonds. The van der Waals surface area contributed by atoms with Crippen molar-refractivity contribution in [1.82, 2.24) is 10.1 Å². The number of halogens is 2. The first-order chi connectivity index (χ1) is 10.1. The molecule has 0 fully saturated rings. The lowest BCUT2D eigenvalue weighted by Gasteiger charge is -1.98. The molecule has 0 saturated heterocycles. The van der Waals surface area contributed by atoms with Crippen LogP contribution in [0.25, 0.3) is 11.5 Å². The van der Waals surface area contributed by atoms with Crippen LogP contribution in [-0.2, 0) is 6.42 Å². The lowest BCUT2D eigenvalue weighted by molar-refractivity contribution is 0.421. The lowest BCUT2D eigenvalue weighted by atomic mass is 10.1. The quantitative estimate of drug-likeness (QED) is 0.751. The zero-order valence-electron chi connectivity index (χ0n) is 10.9. The molecule has 0 aliphatic rings. The minimum absolute atomic E-state index is 0.0876. The molecule has 0 unspecified atom stereocenters. The summed E-state index contributed by atoms with van der Waals surface area (Å²) in [5.74, 6) is -0.346. The van der Waals surface area contributed by atoms with Crippen LogP contribution in [0.2, 0.25) is 0 Å². The third-order valence-corrected chi connectivity index (χ3v) is 2.97. The van der Waals surface area contributed by atoms with E-state index in [1.54, 1.807) is 18.2 Å². The Kier molecular flexibility index (Phi) is 3.35. The summed E-state index contributed by atoms with van der Waals surface area (Å²) in [5, 5.41) is 3.80. The van der Waals surface area contributed by atoms with Gasteiger partial charge in [0.2, 0.25) is 0 Å². The topological polar surface area (TPSA) is 64.9 Å². The second kappa shape index (κ2) is 5.32. The van der Waals surface area contributed by atoms with Gasteiger partial charge in [0.05, 0.1) is 5.56 Å². The molecule has 0 aliphatic heterocycles. The number of anilines is 1. The van der Waals surface area contributed by atoms with Gasteiger partial charge in [-0.05, 0) is 35.9 Å². The fraction of sp³-hybridized carbons (Fsp3) is 0.0667. The predicted molar refractivity (Wildman–Crippen MR) is 73.3 cm³/mol. The first-order valence-corrected chi connectivity index (χ1v) is 6.24. The van der Waals surface area contributed by atoms with Crippen molar-refractivity contribution in [3.63, 3.8) is 0 Å². The Morgan fingerprint density at radius 2 is 1.81 bits per heavy atom. The Morgan fingerprint density at radius 1 is 1.05 bits per heavy atom.